The van der Waals surface area contributed by atoms with Crippen LogP contribution in [0.2, 0.25) is 0 Å². The molecule has 0 aliphatic rings. The molecule has 202 valence electrons. The number of alkyl halides is 6. The summed E-state index contributed by atoms with van der Waals surface area (Å²) in [5.41, 5.74) is 1.86. The van der Waals surface area contributed by atoms with E-state index in [1.807, 2.05) is 18.5 Å². The average Bonchev–Trinajstić information content (AvgIpc) is 3.14. The molecule has 0 atom stereocenters. The van der Waals surface area contributed by atoms with Crippen molar-refractivity contribution in [3.05, 3.63) is 76.8 Å². The quantitative estimate of drug-likeness (QED) is 0.269. The molecule has 0 saturated heterocycles. The van der Waals surface area contributed by atoms with Gasteiger partial charge < -0.3 is 14.6 Å². The molecule has 3 heterocycles. The van der Waals surface area contributed by atoms with E-state index in [4.69, 9.17) is 0 Å². The normalized spacial score (nSPS) is 12.3. The Morgan fingerprint density at radius 2 is 1.64 bits per heavy atom. The number of ether oxygens (including phenoxy) is 1. The molecule has 0 saturated carbocycles. The van der Waals surface area contributed by atoms with Crippen LogP contribution in [0.3, 0.4) is 0 Å². The monoisotopic (exact) mass is 547 g/mol. The molecule has 0 radical (unpaired) electrons. The molecular weight excluding hydrogens is 528 g/mol. The molecule has 0 amide bonds. The second kappa shape index (κ2) is 9.33. The summed E-state index contributed by atoms with van der Waals surface area (Å²) in [4.78, 5) is 22.5. The molecular formula is C26H19F6N5O2. The first-order valence-corrected chi connectivity index (χ1v) is 11.5. The van der Waals surface area contributed by atoms with Crippen molar-refractivity contribution in [1.29, 1.82) is 0 Å². The molecule has 3 aromatic heterocycles. The Hall–Kier alpha value is -4.55. The summed E-state index contributed by atoms with van der Waals surface area (Å²) in [6.45, 7) is 0.492. The lowest BCUT2D eigenvalue weighted by molar-refractivity contribution is -0.274. The second-order valence-electron chi connectivity index (χ2n) is 8.74. The van der Waals surface area contributed by atoms with E-state index >= 15 is 0 Å². The number of hydrogen-bond donors (Lipinski definition) is 1. The molecule has 5 aromatic rings. The molecule has 39 heavy (non-hydrogen) atoms. The number of aryl methyl sites for hydroxylation is 2. The van der Waals surface area contributed by atoms with Crippen LogP contribution in [0.5, 0.6) is 5.75 Å². The lowest BCUT2D eigenvalue weighted by Gasteiger charge is -2.15. The van der Waals surface area contributed by atoms with Crippen LogP contribution in [0, 0.1) is 6.92 Å². The highest BCUT2D eigenvalue weighted by molar-refractivity contribution is 5.87. The van der Waals surface area contributed by atoms with Crippen molar-refractivity contribution < 1.29 is 31.1 Å². The Morgan fingerprint density at radius 1 is 0.923 bits per heavy atom. The van der Waals surface area contributed by atoms with Crippen molar-refractivity contribution in [2.24, 2.45) is 7.05 Å². The molecule has 2 aromatic carbocycles. The Balaban J connectivity index is 1.70. The van der Waals surface area contributed by atoms with Gasteiger partial charge in [-0.05, 0) is 67.1 Å². The minimum Gasteiger partial charge on any atom is -0.406 e. The van der Waals surface area contributed by atoms with E-state index in [1.54, 1.807) is 24.3 Å². The first kappa shape index (κ1) is 26.1. The number of aromatic nitrogens is 4. The fraction of sp³-hybridized carbons (Fsp3) is 0.192. The fourth-order valence-corrected chi connectivity index (χ4v) is 4.20. The van der Waals surface area contributed by atoms with Gasteiger partial charge in [-0.15, -0.1) is 13.2 Å². The standard InChI is InChI=1S/C26H19F6N5O2/c1-14-34-20-9-3-15(12-21(20)36(14)2)19-11-16-4-10-22(33-13-25(27,28)29)35-23(16)37(24(19)38)17-5-7-18(8-6-17)39-26(30,31)32/h3-12H,13H2,1-2H3,(H,33,35). The third kappa shape index (κ3) is 5.38. The molecule has 1 N–H and O–H groups in total. The highest BCUT2D eigenvalue weighted by Gasteiger charge is 2.31. The summed E-state index contributed by atoms with van der Waals surface area (Å²) in [6, 6.07) is 14.2. The molecule has 7 nitrogen and oxygen atoms in total. The number of rotatable bonds is 5. The number of nitrogens with zero attached hydrogens (tertiary/aromatic N) is 4. The van der Waals surface area contributed by atoms with Gasteiger partial charge >= 0.3 is 12.5 Å². The smallest absolute Gasteiger partial charge is 0.406 e. The fourth-order valence-electron chi connectivity index (χ4n) is 4.20. The first-order valence-electron chi connectivity index (χ1n) is 11.5. The van der Waals surface area contributed by atoms with Crippen molar-refractivity contribution in [3.8, 4) is 22.6 Å². The van der Waals surface area contributed by atoms with Crippen LogP contribution in [0.25, 0.3) is 38.9 Å². The van der Waals surface area contributed by atoms with E-state index in [0.29, 0.717) is 10.9 Å². The summed E-state index contributed by atoms with van der Waals surface area (Å²) in [7, 11) is 1.83. The molecule has 0 bridgehead atoms. The molecule has 0 aliphatic carbocycles. The Bertz CT molecular complexity index is 1750. The van der Waals surface area contributed by atoms with Gasteiger partial charge in [-0.1, -0.05) is 6.07 Å². The summed E-state index contributed by atoms with van der Waals surface area (Å²) < 4.78 is 83.1. The molecule has 0 spiro atoms. The molecule has 13 heteroatoms. The Labute approximate surface area is 216 Å². The van der Waals surface area contributed by atoms with Gasteiger partial charge in [0.05, 0.1) is 16.7 Å². The van der Waals surface area contributed by atoms with Crippen LogP contribution in [0.4, 0.5) is 32.2 Å². The van der Waals surface area contributed by atoms with Crippen molar-refractivity contribution >= 4 is 27.9 Å². The van der Waals surface area contributed by atoms with E-state index in [-0.39, 0.29) is 22.7 Å². The zero-order chi connectivity index (χ0) is 28.1. The minimum atomic E-state index is -4.91. The van der Waals surface area contributed by atoms with E-state index in [9.17, 15) is 31.1 Å². The van der Waals surface area contributed by atoms with Gasteiger partial charge in [0.25, 0.3) is 5.56 Å². The number of fused-ring (bicyclic) bond motifs is 2. The molecule has 0 unspecified atom stereocenters. The van der Waals surface area contributed by atoms with Crippen molar-refractivity contribution in [1.82, 2.24) is 19.1 Å². The van der Waals surface area contributed by atoms with Gasteiger partial charge in [0, 0.05) is 18.0 Å². The summed E-state index contributed by atoms with van der Waals surface area (Å²) in [5, 5.41) is 2.59. The van der Waals surface area contributed by atoms with Crippen LogP contribution in [-0.2, 0) is 7.05 Å². The van der Waals surface area contributed by atoms with Gasteiger partial charge in [0.15, 0.2) is 0 Å². The number of hydrogen-bond acceptors (Lipinski definition) is 5. The number of pyridine rings is 2. The lowest BCUT2D eigenvalue weighted by atomic mass is 10.0. The average molecular weight is 547 g/mol. The summed E-state index contributed by atoms with van der Waals surface area (Å²) >= 11 is 0. The largest absolute Gasteiger partial charge is 0.573 e. The number of halogens is 6. The maximum atomic E-state index is 13.8. The van der Waals surface area contributed by atoms with Crippen LogP contribution in [-0.4, -0.2) is 38.2 Å². The van der Waals surface area contributed by atoms with E-state index in [0.717, 1.165) is 33.6 Å². The zero-order valence-corrected chi connectivity index (χ0v) is 20.4. The van der Waals surface area contributed by atoms with Gasteiger partial charge in [-0.3, -0.25) is 9.36 Å². The minimum absolute atomic E-state index is 0.0119. The third-order valence-corrected chi connectivity index (χ3v) is 6.06. The number of benzene rings is 2. The summed E-state index contributed by atoms with van der Waals surface area (Å²) in [6.07, 6.45) is -9.41. The molecule has 0 aliphatic heterocycles. The topological polar surface area (TPSA) is 74.0 Å². The maximum absolute atomic E-state index is 13.8. The Kier molecular flexibility index (Phi) is 6.24. The van der Waals surface area contributed by atoms with Crippen LogP contribution < -0.4 is 15.6 Å². The number of anilines is 1. The van der Waals surface area contributed by atoms with Crippen LogP contribution in [0.15, 0.2) is 65.5 Å². The van der Waals surface area contributed by atoms with E-state index < -0.39 is 30.4 Å². The van der Waals surface area contributed by atoms with Crippen LogP contribution in [0.1, 0.15) is 5.82 Å². The maximum Gasteiger partial charge on any atom is 0.573 e. The van der Waals surface area contributed by atoms with Crippen molar-refractivity contribution in [3.63, 3.8) is 0 Å². The third-order valence-electron chi connectivity index (χ3n) is 6.06. The predicted octanol–water partition coefficient (Wildman–Crippen LogP) is 6.12. The molecule has 5 rings (SSSR count). The van der Waals surface area contributed by atoms with Gasteiger partial charge in [0.2, 0.25) is 0 Å². The highest BCUT2D eigenvalue weighted by atomic mass is 19.4. The second-order valence-corrected chi connectivity index (χ2v) is 8.74. The Morgan fingerprint density at radius 3 is 2.31 bits per heavy atom. The van der Waals surface area contributed by atoms with Gasteiger partial charge in [-0.25, -0.2) is 9.97 Å². The first-order chi connectivity index (χ1) is 18.3. The van der Waals surface area contributed by atoms with Crippen LogP contribution >= 0.6 is 0 Å². The SMILES string of the molecule is Cc1nc2ccc(-c3cc4ccc(NCC(F)(F)F)nc4n(-c4ccc(OC(F)(F)F)cc4)c3=O)cc2n1C. The molecule has 0 fully saturated rings. The van der Waals surface area contributed by atoms with E-state index in [2.05, 4.69) is 20.0 Å². The van der Waals surface area contributed by atoms with Crippen molar-refractivity contribution in [2.45, 2.75) is 19.5 Å². The summed E-state index contributed by atoms with van der Waals surface area (Å²) in [5.74, 6) is 0.129. The highest BCUT2D eigenvalue weighted by Crippen LogP contribution is 2.29. The number of imidazole rings is 1. The van der Waals surface area contributed by atoms with Crippen molar-refractivity contribution in [2.75, 3.05) is 11.9 Å². The predicted molar refractivity (Wildman–Crippen MR) is 133 cm³/mol. The van der Waals surface area contributed by atoms with E-state index in [1.165, 1.54) is 24.3 Å². The van der Waals surface area contributed by atoms with Gasteiger partial charge in [-0.2, -0.15) is 13.2 Å². The number of nitrogens with one attached hydrogen (secondary N) is 1. The van der Waals surface area contributed by atoms with Gasteiger partial charge in [0.1, 0.15) is 29.6 Å². The zero-order valence-electron chi connectivity index (χ0n) is 20.4. The lowest BCUT2D eigenvalue weighted by Crippen LogP contribution is -2.23.